The van der Waals surface area contributed by atoms with Crippen molar-refractivity contribution >= 4 is 13.8 Å². The highest BCUT2D eigenvalue weighted by atomic mass is 16.5. The molecule has 0 aromatic carbocycles. The van der Waals surface area contributed by atoms with E-state index in [2.05, 4.69) is 4.74 Å². The molecule has 3 heteroatoms. The van der Waals surface area contributed by atoms with E-state index in [-0.39, 0.29) is 12.1 Å². The zero-order valence-corrected chi connectivity index (χ0v) is 5.18. The molecule has 2 radical (unpaired) electrons. The Balaban J connectivity index is 3.24. The quantitative estimate of drug-likeness (QED) is 0.384. The summed E-state index contributed by atoms with van der Waals surface area (Å²) in [5, 5.41) is 0. The number of carbonyl (C=O) groups is 1. The fourth-order valence-electron chi connectivity index (χ4n) is 0.331. The van der Waals surface area contributed by atoms with E-state index in [0.29, 0.717) is 6.32 Å². The Hall–Kier alpha value is -0.465. The van der Waals surface area contributed by atoms with E-state index in [1.807, 2.05) is 0 Å². The number of hydrogen-bond donors (Lipinski definition) is 0. The van der Waals surface area contributed by atoms with Gasteiger partial charge in [-0.3, -0.25) is 4.79 Å². The predicted molar refractivity (Wildman–Crippen MR) is 31.8 cm³/mol. The van der Waals surface area contributed by atoms with Crippen LogP contribution in [0.1, 0.15) is 13.8 Å². The molecule has 0 amide bonds. The number of hydrogen-bond acceptors (Lipinski definition) is 2. The van der Waals surface area contributed by atoms with Crippen molar-refractivity contribution in [1.29, 1.82) is 0 Å². The number of rotatable bonds is 2. The third-order valence-corrected chi connectivity index (χ3v) is 0.699. The minimum Gasteiger partial charge on any atom is -0.464 e. The Morgan fingerprint density at radius 3 is 2.50 bits per heavy atom. The fourth-order valence-corrected chi connectivity index (χ4v) is 0.331. The van der Waals surface area contributed by atoms with Gasteiger partial charge < -0.3 is 4.74 Å². The smallest absolute Gasteiger partial charge is 0.302 e. The van der Waals surface area contributed by atoms with E-state index in [9.17, 15) is 4.79 Å². The molecular weight excluding hydrogens is 103 g/mol. The first-order chi connectivity index (χ1) is 3.66. The second kappa shape index (κ2) is 3.53. The van der Waals surface area contributed by atoms with Crippen LogP contribution in [0.15, 0.2) is 0 Å². The Morgan fingerprint density at radius 2 is 2.38 bits per heavy atom. The van der Waals surface area contributed by atoms with Crippen LogP contribution in [0.4, 0.5) is 0 Å². The molecule has 0 rings (SSSR count). The molecule has 2 nitrogen and oxygen atoms in total. The van der Waals surface area contributed by atoms with Crippen molar-refractivity contribution in [1.82, 2.24) is 0 Å². The van der Waals surface area contributed by atoms with Crippen molar-refractivity contribution in [3.8, 4) is 0 Å². The zero-order valence-electron chi connectivity index (χ0n) is 5.18. The molecule has 0 aromatic rings. The van der Waals surface area contributed by atoms with Crippen LogP contribution in [0.3, 0.4) is 0 Å². The van der Waals surface area contributed by atoms with E-state index in [4.69, 9.17) is 7.85 Å². The molecule has 0 fully saturated rings. The highest BCUT2D eigenvalue weighted by molar-refractivity contribution is 6.08. The van der Waals surface area contributed by atoms with Gasteiger partial charge in [-0.05, 0) is 6.92 Å². The Kier molecular flexibility index (Phi) is 3.32. The average Bonchev–Trinajstić information content (AvgIpc) is 1.65. The van der Waals surface area contributed by atoms with Crippen molar-refractivity contribution in [2.45, 2.75) is 26.3 Å². The van der Waals surface area contributed by atoms with Crippen LogP contribution in [0.25, 0.3) is 0 Å². The monoisotopic (exact) mass is 112 g/mol. The molecule has 0 aliphatic carbocycles. The standard InChI is InChI=1S/C5H9BO2/c1-4(3-6)8-5(2)7/h4H,3H2,1-2H3. The highest BCUT2D eigenvalue weighted by Gasteiger charge is 1.98. The first-order valence-corrected chi connectivity index (χ1v) is 2.54. The molecule has 44 valence electrons. The zero-order chi connectivity index (χ0) is 6.57. The molecule has 1 unspecified atom stereocenters. The summed E-state index contributed by atoms with van der Waals surface area (Å²) in [5.41, 5.74) is 0. The van der Waals surface area contributed by atoms with Crippen molar-refractivity contribution in [3.05, 3.63) is 0 Å². The van der Waals surface area contributed by atoms with Gasteiger partial charge in [0.2, 0.25) is 0 Å². The third-order valence-electron chi connectivity index (χ3n) is 0.699. The lowest BCUT2D eigenvalue weighted by Crippen LogP contribution is -2.10. The fraction of sp³-hybridized carbons (Fsp3) is 0.800. The first-order valence-electron chi connectivity index (χ1n) is 2.54. The van der Waals surface area contributed by atoms with Crippen LogP contribution >= 0.6 is 0 Å². The van der Waals surface area contributed by atoms with Crippen LogP contribution < -0.4 is 0 Å². The van der Waals surface area contributed by atoms with Gasteiger partial charge in [-0.1, -0.05) is 6.32 Å². The van der Waals surface area contributed by atoms with Gasteiger partial charge >= 0.3 is 5.97 Å². The van der Waals surface area contributed by atoms with Gasteiger partial charge in [0.15, 0.2) is 0 Å². The van der Waals surface area contributed by atoms with Gasteiger partial charge in [-0.15, -0.1) is 0 Å². The van der Waals surface area contributed by atoms with Gasteiger partial charge in [-0.2, -0.15) is 0 Å². The summed E-state index contributed by atoms with van der Waals surface area (Å²) in [4.78, 5) is 10.1. The van der Waals surface area contributed by atoms with Crippen LogP contribution in [0.5, 0.6) is 0 Å². The maximum Gasteiger partial charge on any atom is 0.302 e. The summed E-state index contributed by atoms with van der Waals surface area (Å²) in [6, 6.07) is 0. The van der Waals surface area contributed by atoms with Gasteiger partial charge in [-0.25, -0.2) is 0 Å². The van der Waals surface area contributed by atoms with Gasteiger partial charge in [0.05, 0.1) is 14.0 Å². The topological polar surface area (TPSA) is 26.3 Å². The molecular formula is C5H9BO2. The first kappa shape index (κ1) is 7.53. The van der Waals surface area contributed by atoms with Crippen LogP contribution in [0.2, 0.25) is 6.32 Å². The number of carbonyl (C=O) groups excluding carboxylic acids is 1. The lowest BCUT2D eigenvalue weighted by molar-refractivity contribution is -0.144. The van der Waals surface area contributed by atoms with E-state index in [1.54, 1.807) is 6.92 Å². The molecule has 0 spiro atoms. The second-order valence-electron chi connectivity index (χ2n) is 1.66. The summed E-state index contributed by atoms with van der Waals surface area (Å²) in [6.45, 7) is 3.12. The average molecular weight is 112 g/mol. The van der Waals surface area contributed by atoms with Gasteiger partial charge in [0.1, 0.15) is 0 Å². The van der Waals surface area contributed by atoms with Crippen molar-refractivity contribution in [2.24, 2.45) is 0 Å². The Labute approximate surface area is 50.6 Å². The van der Waals surface area contributed by atoms with Crippen molar-refractivity contribution in [2.75, 3.05) is 0 Å². The molecule has 1 atom stereocenters. The summed E-state index contributed by atoms with van der Waals surface area (Å²) in [6.07, 6.45) is 0.243. The van der Waals surface area contributed by atoms with E-state index >= 15 is 0 Å². The lowest BCUT2D eigenvalue weighted by Gasteiger charge is -2.06. The predicted octanol–water partition coefficient (Wildman–Crippen LogP) is 0.525. The van der Waals surface area contributed by atoms with Crippen LogP contribution in [0, 0.1) is 0 Å². The third kappa shape index (κ3) is 3.72. The molecule has 0 N–H and O–H groups in total. The van der Waals surface area contributed by atoms with E-state index in [0.717, 1.165) is 0 Å². The van der Waals surface area contributed by atoms with Crippen molar-refractivity contribution in [3.63, 3.8) is 0 Å². The van der Waals surface area contributed by atoms with Gasteiger partial charge in [0.25, 0.3) is 0 Å². The highest BCUT2D eigenvalue weighted by Crippen LogP contribution is 1.93. The summed E-state index contributed by atoms with van der Waals surface area (Å²) >= 11 is 0. The SMILES string of the molecule is [B]CC(C)OC(C)=O. The summed E-state index contributed by atoms with van der Waals surface area (Å²) in [5.74, 6) is -0.275. The van der Waals surface area contributed by atoms with Gasteiger partial charge in [0, 0.05) is 6.92 Å². The van der Waals surface area contributed by atoms with Crippen molar-refractivity contribution < 1.29 is 9.53 Å². The number of ether oxygens (including phenoxy) is 1. The molecule has 8 heavy (non-hydrogen) atoms. The molecule has 0 saturated heterocycles. The minimum absolute atomic E-state index is 0.146. The van der Waals surface area contributed by atoms with Crippen LogP contribution in [-0.4, -0.2) is 19.9 Å². The van der Waals surface area contributed by atoms with E-state index in [1.165, 1.54) is 6.92 Å². The summed E-state index contributed by atoms with van der Waals surface area (Å²) < 4.78 is 4.64. The molecule has 0 aromatic heterocycles. The second-order valence-corrected chi connectivity index (χ2v) is 1.66. The lowest BCUT2D eigenvalue weighted by atomic mass is 10.0. The normalized spacial score (nSPS) is 12.8. The Morgan fingerprint density at radius 1 is 1.88 bits per heavy atom. The largest absolute Gasteiger partial charge is 0.464 e. The van der Waals surface area contributed by atoms with E-state index < -0.39 is 0 Å². The van der Waals surface area contributed by atoms with Crippen LogP contribution in [-0.2, 0) is 9.53 Å². The summed E-state index contributed by atoms with van der Waals surface area (Å²) in [7, 11) is 5.14. The molecule has 0 heterocycles. The molecule has 0 bridgehead atoms. The molecule has 0 aliphatic rings. The molecule has 0 saturated carbocycles. The minimum atomic E-state index is -0.275. The Bertz CT molecular complexity index is 82.5. The molecule has 0 aliphatic heterocycles. The maximum absolute atomic E-state index is 10.1. The maximum atomic E-state index is 10.1. The number of esters is 1.